The Bertz CT molecular complexity index is 630. The number of aromatic amines is 1. The highest BCUT2D eigenvalue weighted by Crippen LogP contribution is 2.14. The van der Waals surface area contributed by atoms with Gasteiger partial charge in [0.25, 0.3) is 0 Å². The molecular weight excluding hydrogens is 266 g/mol. The third kappa shape index (κ3) is 3.67. The summed E-state index contributed by atoms with van der Waals surface area (Å²) < 4.78 is 26.7. The molecule has 0 radical (unpaired) electrons. The third-order valence-electron chi connectivity index (χ3n) is 2.73. The molecule has 0 unspecified atom stereocenters. The molecule has 1 N–H and O–H groups in total. The van der Waals surface area contributed by atoms with Gasteiger partial charge in [0.2, 0.25) is 0 Å². The molecule has 0 amide bonds. The first kappa shape index (κ1) is 13.8. The monoisotopic (exact) mass is 280 g/mol. The molecule has 1 heterocycles. The van der Waals surface area contributed by atoms with E-state index >= 15 is 0 Å². The second-order valence-electron chi connectivity index (χ2n) is 4.73. The zero-order valence-corrected chi connectivity index (χ0v) is 11.5. The van der Waals surface area contributed by atoms with Crippen molar-refractivity contribution in [2.75, 3.05) is 0 Å². The van der Waals surface area contributed by atoms with Gasteiger partial charge < -0.3 is 4.98 Å². The molecule has 2 nitrogen and oxygen atoms in total. The van der Waals surface area contributed by atoms with Gasteiger partial charge in [-0.2, -0.15) is 0 Å². The first-order chi connectivity index (χ1) is 8.94. The highest BCUT2D eigenvalue weighted by atomic mass is 32.1. The molecule has 0 aliphatic carbocycles. The van der Waals surface area contributed by atoms with Crippen LogP contribution in [0.5, 0.6) is 0 Å². The molecule has 0 bridgehead atoms. The molecule has 0 aliphatic rings. The summed E-state index contributed by atoms with van der Waals surface area (Å²) >= 11 is 5.09. The van der Waals surface area contributed by atoms with E-state index in [-0.39, 0.29) is 5.92 Å². The van der Waals surface area contributed by atoms with Gasteiger partial charge in [-0.3, -0.25) is 0 Å². The predicted molar refractivity (Wildman–Crippen MR) is 72.7 cm³/mol. The van der Waals surface area contributed by atoms with Crippen LogP contribution in [0.25, 0.3) is 0 Å². The Hall–Kier alpha value is -1.62. The molecule has 0 atom stereocenters. The van der Waals surface area contributed by atoms with E-state index in [0.29, 0.717) is 22.4 Å². The third-order valence-corrected chi connectivity index (χ3v) is 2.94. The van der Waals surface area contributed by atoms with Crippen LogP contribution in [-0.2, 0) is 6.42 Å². The maximum absolute atomic E-state index is 13.1. The molecule has 1 aromatic carbocycles. The average molecular weight is 280 g/mol. The van der Waals surface area contributed by atoms with Crippen molar-refractivity contribution in [2.45, 2.75) is 26.2 Å². The number of benzene rings is 1. The normalized spacial score (nSPS) is 11.0. The summed E-state index contributed by atoms with van der Waals surface area (Å²) in [4.78, 5) is 7.33. The van der Waals surface area contributed by atoms with E-state index in [9.17, 15) is 8.78 Å². The van der Waals surface area contributed by atoms with Crippen LogP contribution in [0.3, 0.4) is 0 Å². The summed E-state index contributed by atoms with van der Waals surface area (Å²) in [7, 11) is 0. The van der Waals surface area contributed by atoms with Crippen molar-refractivity contribution >= 4 is 12.2 Å². The van der Waals surface area contributed by atoms with Gasteiger partial charge in [-0.1, -0.05) is 26.1 Å². The molecule has 0 spiro atoms. The summed E-state index contributed by atoms with van der Waals surface area (Å²) in [6.07, 6.45) is 0.318. The number of nitrogens with one attached hydrogen (secondary N) is 1. The molecule has 0 saturated heterocycles. The van der Waals surface area contributed by atoms with Crippen molar-refractivity contribution in [1.82, 2.24) is 9.97 Å². The number of aromatic nitrogens is 2. The Morgan fingerprint density at radius 1 is 1.16 bits per heavy atom. The number of hydrogen-bond donors (Lipinski definition) is 1. The van der Waals surface area contributed by atoms with Crippen LogP contribution in [0.1, 0.15) is 36.8 Å². The van der Waals surface area contributed by atoms with Gasteiger partial charge in [-0.15, -0.1) is 0 Å². The van der Waals surface area contributed by atoms with E-state index < -0.39 is 11.6 Å². The molecular formula is C14H14F2N2S. The van der Waals surface area contributed by atoms with Crippen molar-refractivity contribution in [3.05, 3.63) is 57.6 Å². The van der Waals surface area contributed by atoms with E-state index in [2.05, 4.69) is 9.97 Å². The van der Waals surface area contributed by atoms with Crippen molar-refractivity contribution in [1.29, 1.82) is 0 Å². The second-order valence-corrected chi connectivity index (χ2v) is 5.15. The topological polar surface area (TPSA) is 28.7 Å². The van der Waals surface area contributed by atoms with E-state index in [1.165, 1.54) is 12.1 Å². The minimum absolute atomic E-state index is 0.285. The van der Waals surface area contributed by atoms with E-state index in [1.54, 1.807) is 6.07 Å². The fourth-order valence-electron chi connectivity index (χ4n) is 1.83. The Kier molecular flexibility index (Phi) is 4.04. The molecule has 0 fully saturated rings. The lowest BCUT2D eigenvalue weighted by molar-refractivity contribution is 0.580. The molecule has 0 aliphatic heterocycles. The fraction of sp³-hybridized carbons (Fsp3) is 0.286. The summed E-state index contributed by atoms with van der Waals surface area (Å²) in [5.74, 6) is -0.281. The molecule has 1 aromatic heterocycles. The van der Waals surface area contributed by atoms with E-state index in [1.807, 2.05) is 13.8 Å². The van der Waals surface area contributed by atoms with Gasteiger partial charge >= 0.3 is 0 Å². The molecule has 5 heteroatoms. The van der Waals surface area contributed by atoms with Gasteiger partial charge in [0.1, 0.15) is 22.1 Å². The van der Waals surface area contributed by atoms with Gasteiger partial charge in [0, 0.05) is 18.2 Å². The Morgan fingerprint density at radius 3 is 2.37 bits per heavy atom. The SMILES string of the molecule is CC(C)c1cc(=S)nc(Cc2cc(F)cc(F)c2)[nH]1. The van der Waals surface area contributed by atoms with Crippen molar-refractivity contribution in [2.24, 2.45) is 0 Å². The molecule has 2 aromatic rings. The number of hydrogen-bond acceptors (Lipinski definition) is 2. The summed E-state index contributed by atoms with van der Waals surface area (Å²) in [6.45, 7) is 4.07. The van der Waals surface area contributed by atoms with Gasteiger partial charge in [0.15, 0.2) is 0 Å². The predicted octanol–water partition coefficient (Wildman–Crippen LogP) is 4.13. The van der Waals surface area contributed by atoms with Crippen LogP contribution in [0, 0.1) is 16.3 Å². The molecule has 0 saturated carbocycles. The smallest absolute Gasteiger partial charge is 0.130 e. The largest absolute Gasteiger partial charge is 0.347 e. The Balaban J connectivity index is 2.35. The summed E-state index contributed by atoms with van der Waals surface area (Å²) in [6, 6.07) is 5.24. The van der Waals surface area contributed by atoms with Crippen molar-refractivity contribution in [3.8, 4) is 0 Å². The van der Waals surface area contributed by atoms with Crippen LogP contribution >= 0.6 is 12.2 Å². The fourth-order valence-corrected chi connectivity index (χ4v) is 2.07. The van der Waals surface area contributed by atoms with Gasteiger partial charge in [-0.05, 0) is 29.7 Å². The van der Waals surface area contributed by atoms with Crippen molar-refractivity contribution < 1.29 is 8.78 Å². The first-order valence-corrected chi connectivity index (χ1v) is 6.40. The lowest BCUT2D eigenvalue weighted by Crippen LogP contribution is -2.02. The highest BCUT2D eigenvalue weighted by molar-refractivity contribution is 7.71. The maximum Gasteiger partial charge on any atom is 0.130 e. The minimum atomic E-state index is -0.589. The summed E-state index contributed by atoms with van der Waals surface area (Å²) in [5.41, 5.74) is 1.49. The van der Waals surface area contributed by atoms with E-state index in [0.717, 1.165) is 11.8 Å². The highest BCUT2D eigenvalue weighted by Gasteiger charge is 2.06. The number of nitrogens with zero attached hydrogens (tertiary/aromatic N) is 1. The Labute approximate surface area is 115 Å². The van der Waals surface area contributed by atoms with Gasteiger partial charge in [-0.25, -0.2) is 13.8 Å². The lowest BCUT2D eigenvalue weighted by atomic mass is 10.1. The first-order valence-electron chi connectivity index (χ1n) is 5.99. The van der Waals surface area contributed by atoms with Crippen molar-refractivity contribution in [3.63, 3.8) is 0 Å². The van der Waals surface area contributed by atoms with Crippen LogP contribution in [-0.4, -0.2) is 9.97 Å². The van der Waals surface area contributed by atoms with Crippen LogP contribution in [0.4, 0.5) is 8.78 Å². The molecule has 100 valence electrons. The molecule has 2 rings (SSSR count). The zero-order valence-electron chi connectivity index (χ0n) is 10.7. The quantitative estimate of drug-likeness (QED) is 0.856. The van der Waals surface area contributed by atoms with Gasteiger partial charge in [0.05, 0.1) is 0 Å². The second kappa shape index (κ2) is 5.57. The van der Waals surface area contributed by atoms with Crippen LogP contribution in [0.2, 0.25) is 0 Å². The Morgan fingerprint density at radius 2 is 1.79 bits per heavy atom. The lowest BCUT2D eigenvalue weighted by Gasteiger charge is -2.09. The number of rotatable bonds is 3. The number of halogens is 2. The van der Waals surface area contributed by atoms with Crippen LogP contribution < -0.4 is 0 Å². The van der Waals surface area contributed by atoms with Crippen LogP contribution in [0.15, 0.2) is 24.3 Å². The molecule has 19 heavy (non-hydrogen) atoms. The zero-order chi connectivity index (χ0) is 14.0. The number of H-pyrrole nitrogens is 1. The minimum Gasteiger partial charge on any atom is -0.347 e. The van der Waals surface area contributed by atoms with E-state index in [4.69, 9.17) is 12.2 Å². The maximum atomic E-state index is 13.1. The average Bonchev–Trinajstić information content (AvgIpc) is 2.26. The standard InChI is InChI=1S/C14H14F2N2S/c1-8(2)12-7-14(19)18-13(17-12)5-9-3-10(15)6-11(16)4-9/h3-4,6-8H,5H2,1-2H3,(H,17,18,19). The summed E-state index contributed by atoms with van der Waals surface area (Å²) in [5, 5.41) is 0.